The lowest BCUT2D eigenvalue weighted by Crippen LogP contribution is -2.07. The van der Waals surface area contributed by atoms with Gasteiger partial charge in [0.2, 0.25) is 0 Å². The Kier molecular flexibility index (Phi) is 8.90. The highest BCUT2D eigenvalue weighted by Crippen LogP contribution is 2.36. The smallest absolute Gasteiger partial charge is 0.196 e. The van der Waals surface area contributed by atoms with Crippen molar-refractivity contribution in [2.75, 3.05) is 11.5 Å². The van der Waals surface area contributed by atoms with Gasteiger partial charge in [0.05, 0.1) is 22.5 Å². The summed E-state index contributed by atoms with van der Waals surface area (Å²) in [7, 11) is 0. The molecule has 0 bridgehead atoms. The maximum atomic E-state index is 13.7. The lowest BCUT2D eigenvalue weighted by atomic mass is 9.98. The van der Waals surface area contributed by atoms with E-state index in [9.17, 15) is 9.59 Å². The monoisotopic (exact) mass is 652 g/mol. The topological polar surface area (TPSA) is 105 Å². The summed E-state index contributed by atoms with van der Waals surface area (Å²) < 4.78 is 12.3. The molecule has 0 heterocycles. The standard InChI is InChI=1S/C44H32N2O4/c45-37-27-33(29-11-3-1-4-12-29)23-25-41(37)49-39-17-9-7-15-35(39)43(47)31-19-21-32(22-20-31)44(48)36-16-8-10-18-40(36)50-42-26-24-34(28-38(42)46)30-13-5-2-6-14-30/h1-28H,45-46H2. The summed E-state index contributed by atoms with van der Waals surface area (Å²) in [6.45, 7) is 0. The Morgan fingerprint density at radius 2 is 0.720 bits per heavy atom. The highest BCUT2D eigenvalue weighted by molar-refractivity contribution is 6.13. The molecule has 7 rings (SSSR count). The summed E-state index contributed by atoms with van der Waals surface area (Å²) in [4.78, 5) is 27.4. The number of nitrogens with two attached hydrogens (primary N) is 2. The average molecular weight is 653 g/mol. The lowest BCUT2D eigenvalue weighted by molar-refractivity contribution is 0.102. The molecule has 0 spiro atoms. The minimum absolute atomic E-state index is 0.253. The highest BCUT2D eigenvalue weighted by Gasteiger charge is 2.19. The molecule has 7 aromatic carbocycles. The Hall–Kier alpha value is -6.92. The van der Waals surface area contributed by atoms with Gasteiger partial charge in [-0.2, -0.15) is 0 Å². The van der Waals surface area contributed by atoms with Crippen molar-refractivity contribution in [3.63, 3.8) is 0 Å². The van der Waals surface area contributed by atoms with Crippen LogP contribution < -0.4 is 20.9 Å². The minimum Gasteiger partial charge on any atom is -0.454 e. The van der Waals surface area contributed by atoms with E-state index in [1.807, 2.05) is 84.9 Å². The van der Waals surface area contributed by atoms with E-state index in [2.05, 4.69) is 0 Å². The predicted octanol–water partition coefficient (Wildman–Crippen LogP) is 10.2. The molecule has 7 aromatic rings. The molecule has 0 aromatic heterocycles. The first kappa shape index (κ1) is 31.7. The van der Waals surface area contributed by atoms with E-state index in [4.69, 9.17) is 20.9 Å². The van der Waals surface area contributed by atoms with Gasteiger partial charge >= 0.3 is 0 Å². The summed E-state index contributed by atoms with van der Waals surface area (Å²) >= 11 is 0. The van der Waals surface area contributed by atoms with E-state index in [1.54, 1.807) is 84.9 Å². The lowest BCUT2D eigenvalue weighted by Gasteiger charge is -2.14. The van der Waals surface area contributed by atoms with Crippen LogP contribution in [0.5, 0.6) is 23.0 Å². The zero-order valence-corrected chi connectivity index (χ0v) is 27.0. The third-order valence-corrected chi connectivity index (χ3v) is 8.35. The van der Waals surface area contributed by atoms with Gasteiger partial charge in [0.1, 0.15) is 23.0 Å². The van der Waals surface area contributed by atoms with E-state index < -0.39 is 0 Å². The third-order valence-electron chi connectivity index (χ3n) is 8.35. The SMILES string of the molecule is Nc1cc(-c2ccccc2)ccc1Oc1ccccc1C(=O)c1ccc(C(=O)c2ccccc2Oc2ccc(-c3ccccc3)cc2N)cc1. The first-order chi connectivity index (χ1) is 24.4. The van der Waals surface area contributed by atoms with Crippen LogP contribution in [-0.2, 0) is 0 Å². The molecule has 0 fully saturated rings. The van der Waals surface area contributed by atoms with Crippen molar-refractivity contribution < 1.29 is 19.1 Å². The Morgan fingerprint density at radius 3 is 1.10 bits per heavy atom. The highest BCUT2D eigenvalue weighted by atomic mass is 16.5. The fourth-order valence-electron chi connectivity index (χ4n) is 5.71. The number of ether oxygens (including phenoxy) is 2. The van der Waals surface area contributed by atoms with E-state index in [-0.39, 0.29) is 11.6 Å². The van der Waals surface area contributed by atoms with Gasteiger partial charge in [0.25, 0.3) is 0 Å². The zero-order valence-electron chi connectivity index (χ0n) is 27.0. The molecule has 0 saturated carbocycles. The second-order valence-electron chi connectivity index (χ2n) is 11.7. The van der Waals surface area contributed by atoms with Gasteiger partial charge in [-0.3, -0.25) is 9.59 Å². The quantitative estimate of drug-likeness (QED) is 0.113. The van der Waals surface area contributed by atoms with Crippen molar-refractivity contribution in [2.45, 2.75) is 0 Å². The molecular weight excluding hydrogens is 620 g/mol. The molecule has 242 valence electrons. The zero-order chi connectivity index (χ0) is 34.5. The second-order valence-corrected chi connectivity index (χ2v) is 11.7. The second kappa shape index (κ2) is 14.1. The fraction of sp³-hybridized carbons (Fsp3) is 0. The normalized spacial score (nSPS) is 10.7. The number of carbonyl (C=O) groups is 2. The predicted molar refractivity (Wildman–Crippen MR) is 199 cm³/mol. The van der Waals surface area contributed by atoms with Crippen molar-refractivity contribution >= 4 is 22.9 Å². The van der Waals surface area contributed by atoms with Crippen molar-refractivity contribution in [3.8, 4) is 45.3 Å². The van der Waals surface area contributed by atoms with Gasteiger partial charge in [-0.05, 0) is 70.8 Å². The number of carbonyl (C=O) groups excluding carboxylic acids is 2. The van der Waals surface area contributed by atoms with Crippen LogP contribution in [0.2, 0.25) is 0 Å². The molecule has 0 unspecified atom stereocenters. The number of nitrogen functional groups attached to an aromatic ring is 2. The summed E-state index contributed by atoms with van der Waals surface area (Å²) in [6.07, 6.45) is 0. The number of benzene rings is 7. The maximum Gasteiger partial charge on any atom is 0.196 e. The Morgan fingerprint density at radius 1 is 0.360 bits per heavy atom. The van der Waals surface area contributed by atoms with Crippen LogP contribution in [0, 0.1) is 0 Å². The van der Waals surface area contributed by atoms with Crippen LogP contribution in [0.25, 0.3) is 22.3 Å². The third kappa shape index (κ3) is 6.72. The van der Waals surface area contributed by atoms with E-state index in [0.29, 0.717) is 56.6 Å². The van der Waals surface area contributed by atoms with E-state index >= 15 is 0 Å². The Bertz CT molecular complexity index is 2150. The largest absolute Gasteiger partial charge is 0.454 e. The Labute approximate surface area is 290 Å². The van der Waals surface area contributed by atoms with Crippen LogP contribution >= 0.6 is 0 Å². The molecule has 0 aliphatic carbocycles. The van der Waals surface area contributed by atoms with Gasteiger partial charge in [-0.1, -0.05) is 121 Å². The molecule has 0 amide bonds. The molecule has 0 aliphatic rings. The molecule has 4 N–H and O–H groups in total. The molecule has 0 aliphatic heterocycles. The number of hydrogen-bond acceptors (Lipinski definition) is 6. The van der Waals surface area contributed by atoms with Crippen LogP contribution in [0.1, 0.15) is 31.8 Å². The summed E-state index contributed by atoms with van der Waals surface area (Å²) in [5.74, 6) is 1.13. The van der Waals surface area contributed by atoms with Crippen LogP contribution in [0.3, 0.4) is 0 Å². The van der Waals surface area contributed by atoms with Gasteiger partial charge in [0, 0.05) is 11.1 Å². The average Bonchev–Trinajstić information content (AvgIpc) is 3.17. The van der Waals surface area contributed by atoms with Crippen LogP contribution in [-0.4, -0.2) is 11.6 Å². The van der Waals surface area contributed by atoms with Crippen molar-refractivity contribution in [2.24, 2.45) is 0 Å². The summed E-state index contributed by atoms with van der Waals surface area (Å²) in [5, 5.41) is 0. The molecule has 6 heteroatoms. The Balaban J connectivity index is 1.08. The number of rotatable bonds is 10. The van der Waals surface area contributed by atoms with Crippen LogP contribution in [0.15, 0.2) is 170 Å². The number of anilines is 2. The molecular formula is C44H32N2O4. The molecule has 50 heavy (non-hydrogen) atoms. The van der Waals surface area contributed by atoms with Crippen molar-refractivity contribution in [1.29, 1.82) is 0 Å². The first-order valence-corrected chi connectivity index (χ1v) is 16.1. The molecule has 0 radical (unpaired) electrons. The van der Waals surface area contributed by atoms with Crippen LogP contribution in [0.4, 0.5) is 11.4 Å². The number of hydrogen-bond donors (Lipinski definition) is 2. The number of para-hydroxylation sites is 2. The summed E-state index contributed by atoms with van der Waals surface area (Å²) in [6, 6.07) is 51.6. The molecule has 0 atom stereocenters. The van der Waals surface area contributed by atoms with E-state index in [1.165, 1.54) is 0 Å². The van der Waals surface area contributed by atoms with Gasteiger partial charge in [-0.25, -0.2) is 0 Å². The van der Waals surface area contributed by atoms with E-state index in [0.717, 1.165) is 22.3 Å². The number of ketones is 2. The van der Waals surface area contributed by atoms with Gasteiger partial charge < -0.3 is 20.9 Å². The first-order valence-electron chi connectivity index (χ1n) is 16.1. The van der Waals surface area contributed by atoms with Crippen molar-refractivity contribution in [3.05, 3.63) is 192 Å². The van der Waals surface area contributed by atoms with Gasteiger partial charge in [-0.15, -0.1) is 0 Å². The van der Waals surface area contributed by atoms with Crippen molar-refractivity contribution in [1.82, 2.24) is 0 Å². The molecule has 0 saturated heterocycles. The maximum absolute atomic E-state index is 13.7. The van der Waals surface area contributed by atoms with Gasteiger partial charge in [0.15, 0.2) is 11.6 Å². The minimum atomic E-state index is -0.253. The molecule has 6 nitrogen and oxygen atoms in total. The fourth-order valence-corrected chi connectivity index (χ4v) is 5.71. The summed E-state index contributed by atoms with van der Waals surface area (Å²) in [5.41, 5.74) is 19.2.